The highest BCUT2D eigenvalue weighted by Crippen LogP contribution is 2.60. The van der Waals surface area contributed by atoms with Gasteiger partial charge in [-0.15, -0.1) is 11.8 Å². The first-order valence-electron chi connectivity index (χ1n) is 5.80. The molecule has 0 atom stereocenters. The van der Waals surface area contributed by atoms with E-state index < -0.39 is 0 Å². The standard InChI is InChI=1S/C12H17NS/c13-1-2-14-12-6-9-3-10(7-12)5-11(4-9)8-12/h9-11H,2-8H2. The smallest absolute Gasteiger partial charge is 0.0813 e. The largest absolute Gasteiger partial charge is 0.197 e. The zero-order valence-corrected chi connectivity index (χ0v) is 9.35. The molecule has 0 N–H and O–H groups in total. The van der Waals surface area contributed by atoms with Crippen molar-refractivity contribution in [3.05, 3.63) is 0 Å². The molecule has 0 aromatic carbocycles. The first kappa shape index (κ1) is 9.09. The molecule has 0 aromatic heterocycles. The lowest BCUT2D eigenvalue weighted by molar-refractivity contribution is 0.0384. The van der Waals surface area contributed by atoms with E-state index in [1.807, 2.05) is 11.8 Å². The third-order valence-electron chi connectivity index (χ3n) is 4.42. The molecule has 1 nitrogen and oxygen atoms in total. The summed E-state index contributed by atoms with van der Waals surface area (Å²) in [5.74, 6) is 3.78. The van der Waals surface area contributed by atoms with Gasteiger partial charge in [-0.2, -0.15) is 5.26 Å². The van der Waals surface area contributed by atoms with Crippen LogP contribution in [0.4, 0.5) is 0 Å². The van der Waals surface area contributed by atoms with Crippen LogP contribution in [-0.2, 0) is 0 Å². The SMILES string of the molecule is N#CCSC12CC3CC(CC(C3)C1)C2. The van der Waals surface area contributed by atoms with Crippen LogP contribution in [0.2, 0.25) is 0 Å². The zero-order chi connectivity index (χ0) is 9.60. The summed E-state index contributed by atoms with van der Waals surface area (Å²) in [6, 6.07) is 2.31. The summed E-state index contributed by atoms with van der Waals surface area (Å²) in [7, 11) is 0. The molecule has 4 saturated carbocycles. The molecule has 0 unspecified atom stereocenters. The molecule has 4 rings (SSSR count). The van der Waals surface area contributed by atoms with Gasteiger partial charge in [-0.1, -0.05) is 0 Å². The van der Waals surface area contributed by atoms with E-state index in [4.69, 9.17) is 5.26 Å². The number of nitrogens with zero attached hydrogens (tertiary/aromatic N) is 1. The summed E-state index contributed by atoms with van der Waals surface area (Å²) in [5.41, 5.74) is 0. The van der Waals surface area contributed by atoms with Crippen LogP contribution in [-0.4, -0.2) is 10.5 Å². The summed E-state index contributed by atoms with van der Waals surface area (Å²) in [6.07, 6.45) is 8.78. The molecule has 76 valence electrons. The lowest BCUT2D eigenvalue weighted by atomic mass is 9.56. The van der Waals surface area contributed by atoms with Crippen molar-refractivity contribution in [2.45, 2.75) is 43.3 Å². The molecule has 4 bridgehead atoms. The van der Waals surface area contributed by atoms with Crippen LogP contribution in [0.3, 0.4) is 0 Å². The molecule has 0 radical (unpaired) electrons. The van der Waals surface area contributed by atoms with Crippen molar-refractivity contribution >= 4 is 11.8 Å². The van der Waals surface area contributed by atoms with Crippen molar-refractivity contribution in [2.75, 3.05) is 5.75 Å². The van der Waals surface area contributed by atoms with Crippen LogP contribution < -0.4 is 0 Å². The maximum absolute atomic E-state index is 8.70. The Morgan fingerprint density at radius 2 is 1.57 bits per heavy atom. The summed E-state index contributed by atoms with van der Waals surface area (Å²) in [4.78, 5) is 0. The molecule has 0 aromatic rings. The lowest BCUT2D eigenvalue weighted by Crippen LogP contribution is -2.48. The van der Waals surface area contributed by atoms with Gasteiger partial charge in [0.05, 0.1) is 11.8 Å². The Morgan fingerprint density at radius 1 is 1.07 bits per heavy atom. The number of thioether (sulfide) groups is 1. The average Bonchev–Trinajstić information content (AvgIpc) is 2.12. The van der Waals surface area contributed by atoms with Gasteiger partial charge in [-0.25, -0.2) is 0 Å². The Kier molecular flexibility index (Phi) is 2.06. The second kappa shape index (κ2) is 3.17. The molecule has 0 heterocycles. The fourth-order valence-electron chi connectivity index (χ4n) is 4.39. The normalized spacial score (nSPS) is 49.2. The third-order valence-corrected chi connectivity index (χ3v) is 5.81. The van der Waals surface area contributed by atoms with E-state index in [9.17, 15) is 0 Å². The Balaban J connectivity index is 1.78. The highest BCUT2D eigenvalue weighted by atomic mass is 32.2. The molecule has 4 fully saturated rings. The Hall–Kier alpha value is -0.160. The molecule has 4 aliphatic carbocycles. The molecule has 4 aliphatic rings. The second-order valence-electron chi connectivity index (χ2n) is 5.55. The van der Waals surface area contributed by atoms with Gasteiger partial charge in [-0.3, -0.25) is 0 Å². The van der Waals surface area contributed by atoms with E-state index >= 15 is 0 Å². The fourth-order valence-corrected chi connectivity index (χ4v) is 5.82. The number of hydrogen-bond acceptors (Lipinski definition) is 2. The van der Waals surface area contributed by atoms with E-state index in [-0.39, 0.29) is 0 Å². The van der Waals surface area contributed by atoms with Crippen LogP contribution in [0.15, 0.2) is 0 Å². The number of nitriles is 1. The average molecular weight is 207 g/mol. The van der Waals surface area contributed by atoms with Crippen LogP contribution in [0, 0.1) is 29.1 Å². The van der Waals surface area contributed by atoms with Crippen LogP contribution in [0.1, 0.15) is 38.5 Å². The Morgan fingerprint density at radius 3 is 2.00 bits per heavy atom. The van der Waals surface area contributed by atoms with Gasteiger partial charge in [0.25, 0.3) is 0 Å². The van der Waals surface area contributed by atoms with Crippen LogP contribution in [0.5, 0.6) is 0 Å². The highest BCUT2D eigenvalue weighted by molar-refractivity contribution is 8.00. The van der Waals surface area contributed by atoms with E-state index in [1.165, 1.54) is 38.5 Å². The molecule has 14 heavy (non-hydrogen) atoms. The number of hydrogen-bond donors (Lipinski definition) is 0. The van der Waals surface area contributed by atoms with Crippen molar-refractivity contribution in [3.8, 4) is 6.07 Å². The van der Waals surface area contributed by atoms with Crippen molar-refractivity contribution in [1.82, 2.24) is 0 Å². The fraction of sp³-hybridized carbons (Fsp3) is 0.917. The van der Waals surface area contributed by atoms with Gasteiger partial charge in [0.1, 0.15) is 0 Å². The Labute approximate surface area is 90.3 Å². The van der Waals surface area contributed by atoms with Crippen molar-refractivity contribution in [1.29, 1.82) is 5.26 Å². The lowest BCUT2D eigenvalue weighted by Gasteiger charge is -2.56. The maximum atomic E-state index is 8.70. The van der Waals surface area contributed by atoms with Crippen molar-refractivity contribution in [3.63, 3.8) is 0 Å². The first-order valence-corrected chi connectivity index (χ1v) is 6.79. The third kappa shape index (κ3) is 1.37. The van der Waals surface area contributed by atoms with Crippen LogP contribution >= 0.6 is 11.8 Å². The summed E-state index contributed by atoms with van der Waals surface area (Å²) in [6.45, 7) is 0. The molecule has 0 spiro atoms. The summed E-state index contributed by atoms with van der Waals surface area (Å²) >= 11 is 1.97. The molecule has 2 heteroatoms. The minimum atomic E-state index is 0.546. The summed E-state index contributed by atoms with van der Waals surface area (Å²) in [5, 5.41) is 8.70. The quantitative estimate of drug-likeness (QED) is 0.694. The van der Waals surface area contributed by atoms with E-state index in [0.717, 1.165) is 17.8 Å². The van der Waals surface area contributed by atoms with Gasteiger partial charge in [-0.05, 0) is 56.3 Å². The number of rotatable bonds is 2. The topological polar surface area (TPSA) is 23.8 Å². The molecule has 0 aliphatic heterocycles. The van der Waals surface area contributed by atoms with Crippen molar-refractivity contribution < 1.29 is 0 Å². The van der Waals surface area contributed by atoms with Crippen molar-refractivity contribution in [2.24, 2.45) is 17.8 Å². The first-order chi connectivity index (χ1) is 6.80. The van der Waals surface area contributed by atoms with E-state index in [0.29, 0.717) is 10.5 Å². The molecular formula is C12H17NS. The monoisotopic (exact) mass is 207 g/mol. The van der Waals surface area contributed by atoms with Gasteiger partial charge in [0, 0.05) is 4.75 Å². The molecular weight excluding hydrogens is 190 g/mol. The Bertz CT molecular complexity index is 243. The summed E-state index contributed by atoms with van der Waals surface area (Å²) < 4.78 is 0.546. The molecule has 0 amide bonds. The van der Waals surface area contributed by atoms with Gasteiger partial charge in [0.2, 0.25) is 0 Å². The maximum Gasteiger partial charge on any atom is 0.0813 e. The minimum absolute atomic E-state index is 0.546. The van der Waals surface area contributed by atoms with E-state index in [2.05, 4.69) is 6.07 Å². The second-order valence-corrected chi connectivity index (χ2v) is 6.99. The van der Waals surface area contributed by atoms with Gasteiger partial charge < -0.3 is 0 Å². The zero-order valence-electron chi connectivity index (χ0n) is 8.54. The molecule has 0 saturated heterocycles. The van der Waals surface area contributed by atoms with Gasteiger partial charge >= 0.3 is 0 Å². The predicted octanol–water partition coefficient (Wildman–Crippen LogP) is 3.21. The van der Waals surface area contributed by atoms with Crippen LogP contribution in [0.25, 0.3) is 0 Å². The van der Waals surface area contributed by atoms with Gasteiger partial charge in [0.15, 0.2) is 0 Å². The highest BCUT2D eigenvalue weighted by Gasteiger charge is 2.50. The minimum Gasteiger partial charge on any atom is -0.197 e. The van der Waals surface area contributed by atoms with E-state index in [1.54, 1.807) is 0 Å². The predicted molar refractivity (Wildman–Crippen MR) is 59.0 cm³/mol.